The molecule has 0 atom stereocenters. The van der Waals surface area contributed by atoms with E-state index in [1.165, 1.54) is 12.8 Å². The molecule has 0 radical (unpaired) electrons. The lowest BCUT2D eigenvalue weighted by atomic mass is 10.1. The van der Waals surface area contributed by atoms with Gasteiger partial charge in [0.25, 0.3) is 0 Å². The minimum Gasteiger partial charge on any atom is -0.381 e. The van der Waals surface area contributed by atoms with Crippen LogP contribution in [0, 0.1) is 11.8 Å². The van der Waals surface area contributed by atoms with Crippen LogP contribution in [0.15, 0.2) is 4.99 Å². The predicted octanol–water partition coefficient (Wildman–Crippen LogP) is 2.42. The minimum absolute atomic E-state index is 0.703. The van der Waals surface area contributed by atoms with Crippen LogP contribution in [-0.4, -0.2) is 52.0 Å². The van der Waals surface area contributed by atoms with Gasteiger partial charge in [-0.2, -0.15) is 0 Å². The molecule has 0 aromatic carbocycles. The van der Waals surface area contributed by atoms with Crippen LogP contribution in [0.2, 0.25) is 0 Å². The van der Waals surface area contributed by atoms with Crippen LogP contribution >= 0.6 is 0 Å². The van der Waals surface area contributed by atoms with E-state index in [0.717, 1.165) is 70.8 Å². The fourth-order valence-corrected chi connectivity index (χ4v) is 1.90. The van der Waals surface area contributed by atoms with Gasteiger partial charge in [-0.1, -0.05) is 13.8 Å². The molecule has 0 unspecified atom stereocenters. The highest BCUT2D eigenvalue weighted by Gasteiger charge is 2.20. The van der Waals surface area contributed by atoms with Gasteiger partial charge in [0.05, 0.1) is 6.61 Å². The fourth-order valence-electron chi connectivity index (χ4n) is 1.90. The zero-order valence-electron chi connectivity index (χ0n) is 14.7. The normalized spacial score (nSPS) is 15.4. The van der Waals surface area contributed by atoms with Crippen LogP contribution in [0.3, 0.4) is 0 Å². The van der Waals surface area contributed by atoms with E-state index >= 15 is 0 Å². The molecule has 22 heavy (non-hydrogen) atoms. The molecule has 0 spiro atoms. The van der Waals surface area contributed by atoms with Crippen LogP contribution < -0.4 is 10.6 Å². The molecule has 130 valence electrons. The van der Waals surface area contributed by atoms with Gasteiger partial charge in [-0.15, -0.1) is 0 Å². The average Bonchev–Trinajstić information content (AvgIpc) is 3.30. The summed E-state index contributed by atoms with van der Waals surface area (Å²) in [5, 5.41) is 6.55. The van der Waals surface area contributed by atoms with Crippen LogP contribution in [0.5, 0.6) is 0 Å². The molecule has 0 heterocycles. The van der Waals surface area contributed by atoms with Crippen molar-refractivity contribution in [3.05, 3.63) is 0 Å². The Balaban J connectivity index is 1.99. The number of rotatable bonds is 13. The molecule has 0 aromatic rings. The van der Waals surface area contributed by atoms with Gasteiger partial charge in [-0.05, 0) is 44.4 Å². The van der Waals surface area contributed by atoms with E-state index in [-0.39, 0.29) is 0 Å². The van der Waals surface area contributed by atoms with E-state index in [1.807, 2.05) is 0 Å². The first kappa shape index (κ1) is 19.2. The number of nitrogens with one attached hydrogen (secondary N) is 2. The first-order valence-electron chi connectivity index (χ1n) is 8.90. The van der Waals surface area contributed by atoms with Crippen LogP contribution in [0.25, 0.3) is 0 Å². The van der Waals surface area contributed by atoms with Gasteiger partial charge in [-0.3, -0.25) is 4.99 Å². The standard InChI is InChI=1S/C17H35N3O2/c1-4-18-17(20-10-13-21-12-8-15(2)3)19-9-5-11-22-14-16-6-7-16/h15-16H,4-14H2,1-3H3,(H2,18,19,20). The summed E-state index contributed by atoms with van der Waals surface area (Å²) < 4.78 is 11.2. The van der Waals surface area contributed by atoms with Crippen molar-refractivity contribution in [2.75, 3.05) is 46.1 Å². The third-order valence-electron chi connectivity index (χ3n) is 3.49. The van der Waals surface area contributed by atoms with Gasteiger partial charge in [0, 0.05) is 39.5 Å². The summed E-state index contributed by atoms with van der Waals surface area (Å²) in [4.78, 5) is 4.55. The van der Waals surface area contributed by atoms with Crippen LogP contribution in [-0.2, 0) is 9.47 Å². The van der Waals surface area contributed by atoms with Crippen molar-refractivity contribution in [1.29, 1.82) is 0 Å². The Morgan fingerprint density at radius 2 is 1.95 bits per heavy atom. The maximum atomic E-state index is 5.61. The largest absolute Gasteiger partial charge is 0.381 e. The molecule has 5 heteroatoms. The second-order valence-corrected chi connectivity index (χ2v) is 6.35. The highest BCUT2D eigenvalue weighted by atomic mass is 16.5. The lowest BCUT2D eigenvalue weighted by Crippen LogP contribution is -2.39. The Labute approximate surface area is 136 Å². The van der Waals surface area contributed by atoms with E-state index in [1.54, 1.807) is 0 Å². The summed E-state index contributed by atoms with van der Waals surface area (Å²) in [6.45, 7) is 12.3. The van der Waals surface area contributed by atoms with E-state index in [0.29, 0.717) is 5.92 Å². The van der Waals surface area contributed by atoms with Gasteiger partial charge in [-0.25, -0.2) is 0 Å². The Bertz CT molecular complexity index is 292. The van der Waals surface area contributed by atoms with E-state index in [4.69, 9.17) is 9.47 Å². The summed E-state index contributed by atoms with van der Waals surface area (Å²) in [6.07, 6.45) is 4.81. The molecule has 1 fully saturated rings. The summed E-state index contributed by atoms with van der Waals surface area (Å²) >= 11 is 0. The highest BCUT2D eigenvalue weighted by Crippen LogP contribution is 2.28. The average molecular weight is 313 g/mol. The third kappa shape index (κ3) is 11.8. The molecule has 1 aliphatic rings. The molecule has 0 aromatic heterocycles. The van der Waals surface area contributed by atoms with Gasteiger partial charge in [0.1, 0.15) is 0 Å². The fraction of sp³-hybridized carbons (Fsp3) is 0.941. The SMILES string of the molecule is CCNC(=NCCCOCC1CC1)NCCOCCC(C)C. The second-order valence-electron chi connectivity index (χ2n) is 6.35. The number of hydrogen-bond acceptors (Lipinski definition) is 3. The molecular formula is C17H35N3O2. The van der Waals surface area contributed by atoms with E-state index < -0.39 is 0 Å². The van der Waals surface area contributed by atoms with Crippen molar-refractivity contribution >= 4 is 5.96 Å². The minimum atomic E-state index is 0.703. The lowest BCUT2D eigenvalue weighted by Gasteiger charge is -2.12. The van der Waals surface area contributed by atoms with Crippen molar-refractivity contribution in [3.63, 3.8) is 0 Å². The number of guanidine groups is 1. The number of hydrogen-bond donors (Lipinski definition) is 2. The third-order valence-corrected chi connectivity index (χ3v) is 3.49. The molecule has 0 bridgehead atoms. The molecule has 1 rings (SSSR count). The highest BCUT2D eigenvalue weighted by molar-refractivity contribution is 5.79. The zero-order chi connectivity index (χ0) is 16.0. The number of aliphatic imine (C=N–C) groups is 1. The molecular weight excluding hydrogens is 278 g/mol. The summed E-state index contributed by atoms with van der Waals surface area (Å²) in [6, 6.07) is 0. The quantitative estimate of drug-likeness (QED) is 0.311. The van der Waals surface area contributed by atoms with Crippen LogP contribution in [0.4, 0.5) is 0 Å². The van der Waals surface area contributed by atoms with Crippen molar-refractivity contribution in [1.82, 2.24) is 10.6 Å². The van der Waals surface area contributed by atoms with Gasteiger partial charge in [0.15, 0.2) is 5.96 Å². The maximum absolute atomic E-state index is 5.61. The summed E-state index contributed by atoms with van der Waals surface area (Å²) in [5.74, 6) is 2.42. The summed E-state index contributed by atoms with van der Waals surface area (Å²) in [7, 11) is 0. The second kappa shape index (κ2) is 12.7. The van der Waals surface area contributed by atoms with Gasteiger partial charge >= 0.3 is 0 Å². The van der Waals surface area contributed by atoms with E-state index in [9.17, 15) is 0 Å². The Morgan fingerprint density at radius 3 is 2.64 bits per heavy atom. The van der Waals surface area contributed by atoms with Crippen molar-refractivity contribution in [2.45, 2.75) is 46.5 Å². The number of nitrogens with zero attached hydrogens (tertiary/aromatic N) is 1. The first-order valence-corrected chi connectivity index (χ1v) is 8.90. The smallest absolute Gasteiger partial charge is 0.191 e. The predicted molar refractivity (Wildman–Crippen MR) is 92.4 cm³/mol. The van der Waals surface area contributed by atoms with Crippen molar-refractivity contribution < 1.29 is 9.47 Å². The monoisotopic (exact) mass is 313 g/mol. The van der Waals surface area contributed by atoms with Crippen molar-refractivity contribution in [2.24, 2.45) is 16.8 Å². The summed E-state index contributed by atoms with van der Waals surface area (Å²) in [5.41, 5.74) is 0. The number of ether oxygens (including phenoxy) is 2. The Morgan fingerprint density at radius 1 is 1.14 bits per heavy atom. The molecule has 0 amide bonds. The molecule has 0 saturated heterocycles. The lowest BCUT2D eigenvalue weighted by molar-refractivity contribution is 0.123. The Hall–Kier alpha value is -0.810. The van der Waals surface area contributed by atoms with Gasteiger partial charge in [0.2, 0.25) is 0 Å². The zero-order valence-corrected chi connectivity index (χ0v) is 14.7. The van der Waals surface area contributed by atoms with E-state index in [2.05, 4.69) is 36.4 Å². The molecule has 1 aliphatic carbocycles. The first-order chi connectivity index (χ1) is 10.7. The van der Waals surface area contributed by atoms with Crippen LogP contribution in [0.1, 0.15) is 46.5 Å². The molecule has 1 saturated carbocycles. The van der Waals surface area contributed by atoms with Gasteiger partial charge < -0.3 is 20.1 Å². The molecule has 2 N–H and O–H groups in total. The maximum Gasteiger partial charge on any atom is 0.191 e. The molecule has 0 aliphatic heterocycles. The topological polar surface area (TPSA) is 54.9 Å². The Kier molecular flexibility index (Phi) is 11.1. The molecule has 5 nitrogen and oxygen atoms in total. The van der Waals surface area contributed by atoms with Crippen molar-refractivity contribution in [3.8, 4) is 0 Å².